The molecular formula is C15H28O3. The van der Waals surface area contributed by atoms with Crippen molar-refractivity contribution in [2.75, 3.05) is 7.11 Å². The molecule has 106 valence electrons. The van der Waals surface area contributed by atoms with Crippen LogP contribution in [0.2, 0.25) is 0 Å². The number of ether oxygens (including phenoxy) is 1. The average Bonchev–Trinajstić information content (AvgIpc) is 2.28. The first-order valence-electron chi connectivity index (χ1n) is 6.69. The van der Waals surface area contributed by atoms with Gasteiger partial charge in [-0.25, -0.2) is 0 Å². The van der Waals surface area contributed by atoms with Crippen molar-refractivity contribution in [3.8, 4) is 0 Å². The van der Waals surface area contributed by atoms with Crippen molar-refractivity contribution in [1.82, 2.24) is 0 Å². The molecule has 0 heterocycles. The van der Waals surface area contributed by atoms with Crippen molar-refractivity contribution in [3.63, 3.8) is 0 Å². The maximum atomic E-state index is 10.1. The van der Waals surface area contributed by atoms with E-state index in [1.165, 1.54) is 12.7 Å². The highest BCUT2D eigenvalue weighted by Gasteiger charge is 2.17. The molecule has 0 aliphatic rings. The van der Waals surface area contributed by atoms with Crippen LogP contribution < -0.4 is 0 Å². The van der Waals surface area contributed by atoms with Crippen LogP contribution in [0.3, 0.4) is 0 Å². The molecular weight excluding hydrogens is 228 g/mol. The van der Waals surface area contributed by atoms with E-state index < -0.39 is 6.10 Å². The molecule has 18 heavy (non-hydrogen) atoms. The zero-order valence-electron chi connectivity index (χ0n) is 12.4. The lowest BCUT2D eigenvalue weighted by atomic mass is 9.93. The van der Waals surface area contributed by atoms with E-state index in [-0.39, 0.29) is 5.95 Å². The smallest absolute Gasteiger partial charge is 0.278 e. The van der Waals surface area contributed by atoms with Crippen LogP contribution in [0.1, 0.15) is 53.4 Å². The maximum Gasteiger partial charge on any atom is 0.278 e. The number of hydrogen-bond acceptors (Lipinski definition) is 3. The van der Waals surface area contributed by atoms with Crippen LogP contribution in [0.15, 0.2) is 23.2 Å². The third-order valence-electron chi connectivity index (χ3n) is 3.09. The van der Waals surface area contributed by atoms with Crippen molar-refractivity contribution in [1.29, 1.82) is 0 Å². The van der Waals surface area contributed by atoms with E-state index in [2.05, 4.69) is 26.8 Å². The van der Waals surface area contributed by atoms with Gasteiger partial charge in [0.1, 0.15) is 0 Å². The predicted molar refractivity (Wildman–Crippen MR) is 75.4 cm³/mol. The van der Waals surface area contributed by atoms with Crippen molar-refractivity contribution < 1.29 is 14.9 Å². The van der Waals surface area contributed by atoms with Crippen LogP contribution in [-0.2, 0) is 4.74 Å². The average molecular weight is 256 g/mol. The number of methoxy groups -OCH3 is 1. The van der Waals surface area contributed by atoms with E-state index in [0.29, 0.717) is 24.3 Å². The van der Waals surface area contributed by atoms with Crippen molar-refractivity contribution >= 4 is 0 Å². The number of rotatable bonds is 8. The molecule has 0 aromatic rings. The zero-order chi connectivity index (χ0) is 14.1. The minimum atomic E-state index is -0.614. The van der Waals surface area contributed by atoms with E-state index in [9.17, 15) is 10.2 Å². The van der Waals surface area contributed by atoms with Gasteiger partial charge in [0.25, 0.3) is 5.95 Å². The van der Waals surface area contributed by atoms with Crippen molar-refractivity contribution in [3.05, 3.63) is 23.2 Å². The molecule has 0 aromatic heterocycles. The molecule has 0 fully saturated rings. The fourth-order valence-corrected chi connectivity index (χ4v) is 1.96. The Hall–Kier alpha value is -0.960. The van der Waals surface area contributed by atoms with Crippen LogP contribution in [0.4, 0.5) is 0 Å². The first-order chi connectivity index (χ1) is 8.42. The number of allylic oxidation sites excluding steroid dienone is 2. The first kappa shape index (κ1) is 17.0. The van der Waals surface area contributed by atoms with Crippen LogP contribution in [0, 0.1) is 5.92 Å². The summed E-state index contributed by atoms with van der Waals surface area (Å²) in [6, 6.07) is 0. The Balaban J connectivity index is 4.29. The molecule has 2 atom stereocenters. The van der Waals surface area contributed by atoms with Gasteiger partial charge in [0.05, 0.1) is 13.2 Å². The monoisotopic (exact) mass is 256 g/mol. The zero-order valence-corrected chi connectivity index (χ0v) is 12.4. The molecule has 2 N–H and O–H groups in total. The normalized spacial score (nSPS) is 15.7. The lowest BCUT2D eigenvalue weighted by Gasteiger charge is -2.18. The van der Waals surface area contributed by atoms with E-state index in [0.717, 1.165) is 12.8 Å². The molecule has 3 heteroatoms. The second-order valence-corrected chi connectivity index (χ2v) is 5.10. The summed E-state index contributed by atoms with van der Waals surface area (Å²) in [6.07, 6.45) is 4.95. The Kier molecular flexibility index (Phi) is 8.55. The summed E-state index contributed by atoms with van der Waals surface area (Å²) in [4.78, 5) is 0. The summed E-state index contributed by atoms with van der Waals surface area (Å²) in [5.41, 5.74) is 1.92. The van der Waals surface area contributed by atoms with E-state index >= 15 is 0 Å². The second-order valence-electron chi connectivity index (χ2n) is 5.10. The quantitative estimate of drug-likeness (QED) is 0.511. The summed E-state index contributed by atoms with van der Waals surface area (Å²) in [7, 11) is 1.41. The molecule has 3 nitrogen and oxygen atoms in total. The standard InChI is InChI=1S/C15H28O3/c1-6-13(15(17)18-5)14(16)10-12(4)9-7-8-11(2)3/h8,12,14,16-17H,6-7,9-10H2,1-5H3/b15-13+/t12-,14?/m1/s1. The molecule has 0 aliphatic heterocycles. The summed E-state index contributed by atoms with van der Waals surface area (Å²) >= 11 is 0. The van der Waals surface area contributed by atoms with Crippen LogP contribution in [0.25, 0.3) is 0 Å². The van der Waals surface area contributed by atoms with Gasteiger partial charge < -0.3 is 14.9 Å². The van der Waals surface area contributed by atoms with Crippen LogP contribution in [-0.4, -0.2) is 23.4 Å². The lowest BCUT2D eigenvalue weighted by Crippen LogP contribution is -2.16. The molecule has 1 unspecified atom stereocenters. The highest BCUT2D eigenvalue weighted by molar-refractivity contribution is 5.08. The topological polar surface area (TPSA) is 49.7 Å². The third kappa shape index (κ3) is 6.70. The Morgan fingerprint density at radius 1 is 1.33 bits per heavy atom. The van der Waals surface area contributed by atoms with Gasteiger partial charge in [-0.1, -0.05) is 25.5 Å². The van der Waals surface area contributed by atoms with Gasteiger partial charge in [-0.05, 0) is 45.4 Å². The molecule has 0 bridgehead atoms. The maximum absolute atomic E-state index is 10.1. The van der Waals surface area contributed by atoms with Gasteiger partial charge in [-0.2, -0.15) is 0 Å². The minimum Gasteiger partial charge on any atom is -0.481 e. The number of aliphatic hydroxyl groups excluding tert-OH is 2. The second kappa shape index (κ2) is 9.03. The summed E-state index contributed by atoms with van der Waals surface area (Å²) < 4.78 is 4.78. The summed E-state index contributed by atoms with van der Waals surface area (Å²) in [5, 5.41) is 19.6. The lowest BCUT2D eigenvalue weighted by molar-refractivity contribution is 0.104. The Labute approximate surface area is 111 Å². The first-order valence-corrected chi connectivity index (χ1v) is 6.69. The molecule has 0 amide bonds. The van der Waals surface area contributed by atoms with Gasteiger partial charge in [-0.3, -0.25) is 0 Å². The number of hydrogen-bond donors (Lipinski definition) is 2. The van der Waals surface area contributed by atoms with Gasteiger partial charge in [-0.15, -0.1) is 0 Å². The number of aliphatic hydroxyl groups is 2. The molecule has 0 aliphatic carbocycles. The van der Waals surface area contributed by atoms with Crippen molar-refractivity contribution in [2.24, 2.45) is 5.92 Å². The molecule has 0 saturated heterocycles. The highest BCUT2D eigenvalue weighted by Crippen LogP contribution is 2.21. The minimum absolute atomic E-state index is 0.138. The van der Waals surface area contributed by atoms with E-state index in [1.807, 2.05) is 6.92 Å². The summed E-state index contributed by atoms with van der Waals surface area (Å²) in [6.45, 7) is 8.21. The largest absolute Gasteiger partial charge is 0.481 e. The molecule has 0 saturated carbocycles. The molecule has 0 radical (unpaired) electrons. The Bertz CT molecular complexity index is 288. The molecule has 0 rings (SSSR count). The van der Waals surface area contributed by atoms with E-state index in [1.54, 1.807) is 0 Å². The van der Waals surface area contributed by atoms with Crippen LogP contribution >= 0.6 is 0 Å². The van der Waals surface area contributed by atoms with Gasteiger partial charge >= 0.3 is 0 Å². The molecule has 0 aromatic carbocycles. The van der Waals surface area contributed by atoms with Crippen LogP contribution in [0.5, 0.6) is 0 Å². The third-order valence-corrected chi connectivity index (χ3v) is 3.09. The molecule has 0 spiro atoms. The fourth-order valence-electron chi connectivity index (χ4n) is 1.96. The highest BCUT2D eigenvalue weighted by atomic mass is 16.6. The SMILES string of the molecule is CC/C(=C(/O)OC)C(O)C[C@H](C)CCC=C(C)C. The fraction of sp³-hybridized carbons (Fsp3) is 0.733. The Morgan fingerprint density at radius 3 is 2.39 bits per heavy atom. The Morgan fingerprint density at radius 2 is 1.94 bits per heavy atom. The van der Waals surface area contributed by atoms with Gasteiger partial charge in [0, 0.05) is 5.57 Å². The van der Waals surface area contributed by atoms with E-state index in [4.69, 9.17) is 4.74 Å². The predicted octanol–water partition coefficient (Wildman–Crippen LogP) is 3.95. The summed E-state index contributed by atoms with van der Waals surface area (Å²) in [5.74, 6) is 0.281. The van der Waals surface area contributed by atoms with Gasteiger partial charge in [0.15, 0.2) is 0 Å². The van der Waals surface area contributed by atoms with Gasteiger partial charge in [0.2, 0.25) is 0 Å². The van der Waals surface area contributed by atoms with Crippen molar-refractivity contribution in [2.45, 2.75) is 59.5 Å².